The number of benzene rings is 1. The van der Waals surface area contributed by atoms with Crippen LogP contribution in [0, 0.1) is 0 Å². The Morgan fingerprint density at radius 1 is 1.00 bits per heavy atom. The van der Waals surface area contributed by atoms with Crippen LogP contribution >= 0.6 is 11.3 Å². The van der Waals surface area contributed by atoms with E-state index in [1.165, 1.54) is 0 Å². The van der Waals surface area contributed by atoms with Gasteiger partial charge in [0.2, 0.25) is 0 Å². The van der Waals surface area contributed by atoms with Crippen molar-refractivity contribution in [2.24, 2.45) is 0 Å². The number of pyridine rings is 1. The molecule has 1 N–H and O–H groups in total. The number of nitrogens with zero attached hydrogens (tertiary/aromatic N) is 3. The maximum absolute atomic E-state index is 4.63. The number of fused-ring (bicyclic) bond motifs is 1. The van der Waals surface area contributed by atoms with Crippen molar-refractivity contribution in [1.82, 2.24) is 19.9 Å². The Hall–Kier alpha value is -2.53. The fraction of sp³-hybridized carbons (Fsp3) is 0. The van der Waals surface area contributed by atoms with Gasteiger partial charge in [-0.25, -0.2) is 9.97 Å². The van der Waals surface area contributed by atoms with E-state index in [1.54, 1.807) is 17.5 Å². The van der Waals surface area contributed by atoms with Crippen LogP contribution in [0.25, 0.3) is 33.1 Å². The van der Waals surface area contributed by atoms with Crippen molar-refractivity contribution >= 4 is 22.4 Å². The molecule has 20 heavy (non-hydrogen) atoms. The minimum Gasteiger partial charge on any atom is -0.336 e. The van der Waals surface area contributed by atoms with Gasteiger partial charge in [-0.15, -0.1) is 11.3 Å². The highest BCUT2D eigenvalue weighted by Crippen LogP contribution is 2.28. The number of H-pyrrole nitrogens is 1. The highest BCUT2D eigenvalue weighted by atomic mass is 32.1. The second kappa shape index (κ2) is 4.54. The summed E-state index contributed by atoms with van der Waals surface area (Å²) in [7, 11) is 0. The Labute approximate surface area is 119 Å². The first-order valence-electron chi connectivity index (χ1n) is 6.21. The quantitative estimate of drug-likeness (QED) is 0.607. The summed E-state index contributed by atoms with van der Waals surface area (Å²) in [6.45, 7) is 0. The van der Waals surface area contributed by atoms with Gasteiger partial charge < -0.3 is 4.98 Å². The van der Waals surface area contributed by atoms with Gasteiger partial charge in [0.25, 0.3) is 0 Å². The zero-order valence-corrected chi connectivity index (χ0v) is 11.3. The number of rotatable bonds is 2. The zero-order chi connectivity index (χ0) is 13.4. The predicted octanol–water partition coefficient (Wildman–Crippen LogP) is 3.75. The number of aromatic nitrogens is 4. The summed E-state index contributed by atoms with van der Waals surface area (Å²) in [6.07, 6.45) is 3.58. The third-order valence-electron chi connectivity index (χ3n) is 3.05. The molecule has 4 rings (SSSR count). The molecule has 0 fully saturated rings. The van der Waals surface area contributed by atoms with Crippen molar-refractivity contribution in [3.8, 4) is 22.1 Å². The molecule has 0 spiro atoms. The minimum atomic E-state index is 0.811. The molecule has 0 bridgehead atoms. The number of thiazole rings is 1. The number of hydrogen-bond acceptors (Lipinski definition) is 4. The van der Waals surface area contributed by atoms with Gasteiger partial charge in [-0.05, 0) is 24.3 Å². The van der Waals surface area contributed by atoms with E-state index in [0.29, 0.717) is 0 Å². The van der Waals surface area contributed by atoms with Crippen LogP contribution in [0.5, 0.6) is 0 Å². The molecule has 5 heteroatoms. The summed E-state index contributed by atoms with van der Waals surface area (Å²) in [5.41, 5.74) is 3.94. The lowest BCUT2D eigenvalue weighted by atomic mass is 10.2. The normalized spacial score (nSPS) is 11.0. The van der Waals surface area contributed by atoms with Crippen LogP contribution in [0.4, 0.5) is 0 Å². The lowest BCUT2D eigenvalue weighted by molar-refractivity contribution is 1.27. The van der Waals surface area contributed by atoms with Gasteiger partial charge in [-0.2, -0.15) is 0 Å². The van der Waals surface area contributed by atoms with Crippen molar-refractivity contribution in [3.05, 3.63) is 54.2 Å². The van der Waals surface area contributed by atoms with Crippen molar-refractivity contribution in [2.45, 2.75) is 0 Å². The van der Waals surface area contributed by atoms with Crippen molar-refractivity contribution in [3.63, 3.8) is 0 Å². The molecule has 96 valence electrons. The molecule has 0 atom stereocenters. The van der Waals surface area contributed by atoms with E-state index in [4.69, 9.17) is 0 Å². The molecule has 1 aromatic carbocycles. The van der Waals surface area contributed by atoms with Gasteiger partial charge >= 0.3 is 0 Å². The van der Waals surface area contributed by atoms with E-state index in [2.05, 4.69) is 19.9 Å². The van der Waals surface area contributed by atoms with Crippen LogP contribution in [-0.2, 0) is 0 Å². The maximum atomic E-state index is 4.63. The van der Waals surface area contributed by atoms with E-state index >= 15 is 0 Å². The zero-order valence-electron chi connectivity index (χ0n) is 10.4. The number of hydrogen-bond donors (Lipinski definition) is 1. The molecular weight excluding hydrogens is 268 g/mol. The number of aromatic amines is 1. The number of imidazole rings is 1. The lowest BCUT2D eigenvalue weighted by Gasteiger charge is -1.93. The van der Waals surface area contributed by atoms with E-state index < -0.39 is 0 Å². The largest absolute Gasteiger partial charge is 0.336 e. The van der Waals surface area contributed by atoms with Gasteiger partial charge in [-0.3, -0.25) is 4.98 Å². The van der Waals surface area contributed by atoms with Gasteiger partial charge in [0.1, 0.15) is 0 Å². The van der Waals surface area contributed by atoms with E-state index in [9.17, 15) is 0 Å². The summed E-state index contributed by atoms with van der Waals surface area (Å²) in [5, 5.41) is 2.92. The summed E-state index contributed by atoms with van der Waals surface area (Å²) in [5.74, 6) is 0.811. The molecule has 0 unspecified atom stereocenters. The highest BCUT2D eigenvalue weighted by Gasteiger charge is 2.10. The Morgan fingerprint density at radius 3 is 2.80 bits per heavy atom. The second-order valence-electron chi connectivity index (χ2n) is 4.38. The first-order valence-corrected chi connectivity index (χ1v) is 7.09. The SMILES string of the molecule is c1cncc(-c2csc(-c3nc4ccccc4[nH]3)n2)c1. The molecule has 0 saturated carbocycles. The van der Waals surface area contributed by atoms with Gasteiger partial charge in [0.05, 0.1) is 16.7 Å². The second-order valence-corrected chi connectivity index (χ2v) is 5.24. The molecule has 0 radical (unpaired) electrons. The van der Waals surface area contributed by atoms with Crippen molar-refractivity contribution in [2.75, 3.05) is 0 Å². The molecule has 0 saturated heterocycles. The smallest absolute Gasteiger partial charge is 0.167 e. The topological polar surface area (TPSA) is 54.5 Å². The molecule has 0 aliphatic rings. The Morgan fingerprint density at radius 2 is 1.95 bits per heavy atom. The summed E-state index contributed by atoms with van der Waals surface area (Å²) < 4.78 is 0. The summed E-state index contributed by atoms with van der Waals surface area (Å²) in [6, 6.07) is 11.9. The van der Waals surface area contributed by atoms with Crippen LogP contribution in [0.3, 0.4) is 0 Å². The molecule has 3 aromatic heterocycles. The third kappa shape index (κ3) is 1.88. The lowest BCUT2D eigenvalue weighted by Crippen LogP contribution is -1.81. The standard InChI is InChI=1S/C15H10N4S/c1-2-6-12-11(5-1)17-14(18-12)15-19-13(9-20-15)10-4-3-7-16-8-10/h1-9H,(H,17,18). The Balaban J connectivity index is 1.78. The average molecular weight is 278 g/mol. The fourth-order valence-electron chi connectivity index (χ4n) is 2.08. The molecular formula is C15H10N4S. The highest BCUT2D eigenvalue weighted by molar-refractivity contribution is 7.13. The van der Waals surface area contributed by atoms with Crippen molar-refractivity contribution in [1.29, 1.82) is 0 Å². The molecule has 4 aromatic rings. The Kier molecular flexibility index (Phi) is 2.57. The van der Waals surface area contributed by atoms with E-state index in [0.717, 1.165) is 33.1 Å². The Bertz CT molecular complexity index is 831. The van der Waals surface area contributed by atoms with Gasteiger partial charge in [0.15, 0.2) is 10.8 Å². The summed E-state index contributed by atoms with van der Waals surface area (Å²) in [4.78, 5) is 16.6. The minimum absolute atomic E-state index is 0.811. The van der Waals surface area contributed by atoms with Gasteiger partial charge in [-0.1, -0.05) is 12.1 Å². The molecule has 4 nitrogen and oxygen atoms in total. The van der Waals surface area contributed by atoms with Crippen LogP contribution in [0.1, 0.15) is 0 Å². The fourth-order valence-corrected chi connectivity index (χ4v) is 2.85. The number of para-hydroxylation sites is 2. The van der Waals surface area contributed by atoms with Crippen LogP contribution in [0.15, 0.2) is 54.2 Å². The van der Waals surface area contributed by atoms with Gasteiger partial charge in [0, 0.05) is 23.3 Å². The average Bonchev–Trinajstić information content (AvgIpc) is 3.14. The monoisotopic (exact) mass is 278 g/mol. The first-order chi connectivity index (χ1) is 9.90. The number of nitrogens with one attached hydrogen (secondary N) is 1. The van der Waals surface area contributed by atoms with E-state index in [-0.39, 0.29) is 0 Å². The molecule has 0 aliphatic carbocycles. The van der Waals surface area contributed by atoms with Crippen molar-refractivity contribution < 1.29 is 0 Å². The molecule has 0 amide bonds. The first kappa shape index (κ1) is 11.3. The predicted molar refractivity (Wildman–Crippen MR) is 80.4 cm³/mol. The maximum Gasteiger partial charge on any atom is 0.167 e. The van der Waals surface area contributed by atoms with Crippen LogP contribution in [-0.4, -0.2) is 19.9 Å². The van der Waals surface area contributed by atoms with Crippen LogP contribution < -0.4 is 0 Å². The van der Waals surface area contributed by atoms with E-state index in [1.807, 2.05) is 48.0 Å². The van der Waals surface area contributed by atoms with Crippen LogP contribution in [0.2, 0.25) is 0 Å². The third-order valence-corrected chi connectivity index (χ3v) is 3.90. The summed E-state index contributed by atoms with van der Waals surface area (Å²) >= 11 is 1.58. The molecule has 0 aliphatic heterocycles. The molecule has 3 heterocycles.